The second-order valence-electron chi connectivity index (χ2n) is 2.31. The van der Waals surface area contributed by atoms with Gasteiger partial charge in [-0.05, 0) is 0 Å². The Balaban J connectivity index is 2.46. The Bertz CT molecular complexity index is 393. The number of aromatic amines is 1. The molecule has 2 amide bonds. The van der Waals surface area contributed by atoms with Crippen LogP contribution in [0.3, 0.4) is 0 Å². The van der Waals surface area contributed by atoms with Crippen LogP contribution in [0.4, 0.5) is 10.6 Å². The van der Waals surface area contributed by atoms with Crippen LogP contribution in [0.1, 0.15) is 10.5 Å². The first kappa shape index (κ1) is 7.47. The number of nitrogens with one attached hydrogen (secondary N) is 3. The van der Waals surface area contributed by atoms with E-state index in [-0.39, 0.29) is 17.3 Å². The molecule has 1 aromatic rings. The maximum absolute atomic E-state index is 11.2. The molecular weight excluding hydrogens is 174 g/mol. The van der Waals surface area contributed by atoms with E-state index in [4.69, 9.17) is 0 Å². The standard InChI is InChI=1S/C6H5N5O2/c12-3-1-9-11-6(13)10-5-4(3)7-2-8-5/h1-2H,(H,7,8)(H2,10,11,13)/b9-1-. The summed E-state index contributed by atoms with van der Waals surface area (Å²) in [5, 5.41) is 5.73. The third-order valence-corrected chi connectivity index (χ3v) is 1.47. The van der Waals surface area contributed by atoms with Crippen LogP contribution in [0.2, 0.25) is 0 Å². The number of anilines is 1. The molecule has 3 N–H and O–H groups in total. The maximum Gasteiger partial charge on any atom is 0.340 e. The molecule has 0 saturated heterocycles. The highest BCUT2D eigenvalue weighted by Gasteiger charge is 2.16. The summed E-state index contributed by atoms with van der Waals surface area (Å²) < 4.78 is 0. The normalized spacial score (nSPS) is 17.8. The first-order chi connectivity index (χ1) is 6.27. The van der Waals surface area contributed by atoms with Crippen LogP contribution < -0.4 is 10.7 Å². The number of aromatic nitrogens is 2. The highest BCUT2D eigenvalue weighted by molar-refractivity contribution is 6.36. The molecule has 13 heavy (non-hydrogen) atoms. The van der Waals surface area contributed by atoms with E-state index in [2.05, 4.69) is 25.8 Å². The first-order valence-corrected chi connectivity index (χ1v) is 3.45. The van der Waals surface area contributed by atoms with E-state index in [9.17, 15) is 9.59 Å². The maximum atomic E-state index is 11.2. The highest BCUT2D eigenvalue weighted by Crippen LogP contribution is 2.09. The Hall–Kier alpha value is -2.18. The molecule has 1 aliphatic rings. The fourth-order valence-corrected chi connectivity index (χ4v) is 0.926. The third kappa shape index (κ3) is 1.26. The number of carbonyl (C=O) groups is 2. The fourth-order valence-electron chi connectivity index (χ4n) is 0.926. The number of amides is 2. The van der Waals surface area contributed by atoms with Gasteiger partial charge in [-0.15, -0.1) is 0 Å². The molecule has 0 spiro atoms. The molecule has 1 aliphatic heterocycles. The zero-order valence-electron chi connectivity index (χ0n) is 6.37. The van der Waals surface area contributed by atoms with E-state index in [1.807, 2.05) is 0 Å². The molecule has 7 heteroatoms. The number of fused-ring (bicyclic) bond motifs is 1. The minimum Gasteiger partial charge on any atom is -0.340 e. The average molecular weight is 179 g/mol. The highest BCUT2D eigenvalue weighted by atomic mass is 16.2. The van der Waals surface area contributed by atoms with Gasteiger partial charge in [-0.2, -0.15) is 5.10 Å². The molecule has 0 aromatic carbocycles. The number of rotatable bonds is 0. The van der Waals surface area contributed by atoms with Crippen LogP contribution in [0.15, 0.2) is 11.4 Å². The van der Waals surface area contributed by atoms with Crippen molar-refractivity contribution in [1.29, 1.82) is 0 Å². The Kier molecular flexibility index (Phi) is 1.55. The Labute approximate surface area is 72.2 Å². The van der Waals surface area contributed by atoms with Crippen molar-refractivity contribution in [2.24, 2.45) is 5.10 Å². The Morgan fingerprint density at radius 2 is 2.15 bits per heavy atom. The van der Waals surface area contributed by atoms with E-state index in [1.54, 1.807) is 0 Å². The molecule has 0 radical (unpaired) electrons. The van der Waals surface area contributed by atoms with Crippen LogP contribution in [0.25, 0.3) is 0 Å². The van der Waals surface area contributed by atoms with E-state index in [1.165, 1.54) is 6.33 Å². The molecule has 0 saturated carbocycles. The van der Waals surface area contributed by atoms with Crippen molar-refractivity contribution < 1.29 is 9.59 Å². The number of imidazole rings is 1. The van der Waals surface area contributed by atoms with Gasteiger partial charge in [0, 0.05) is 0 Å². The minimum atomic E-state index is -0.530. The molecule has 2 heterocycles. The lowest BCUT2D eigenvalue weighted by atomic mass is 10.3. The van der Waals surface area contributed by atoms with E-state index >= 15 is 0 Å². The first-order valence-electron chi connectivity index (χ1n) is 3.45. The van der Waals surface area contributed by atoms with Gasteiger partial charge in [0.05, 0.1) is 12.5 Å². The second kappa shape index (κ2) is 2.70. The van der Waals surface area contributed by atoms with Crippen molar-refractivity contribution in [2.75, 3.05) is 5.32 Å². The lowest BCUT2D eigenvalue weighted by Crippen LogP contribution is -2.28. The number of urea groups is 1. The van der Waals surface area contributed by atoms with Gasteiger partial charge >= 0.3 is 6.03 Å². The van der Waals surface area contributed by atoms with Crippen LogP contribution in [-0.4, -0.2) is 28.0 Å². The Morgan fingerprint density at radius 3 is 3.00 bits per heavy atom. The molecule has 0 unspecified atom stereocenters. The fraction of sp³-hybridized carbons (Fsp3) is 0. The lowest BCUT2D eigenvalue weighted by molar-refractivity contribution is 0.106. The van der Waals surface area contributed by atoms with Gasteiger partial charge in [-0.25, -0.2) is 15.2 Å². The SMILES string of the molecule is O=C1N/N=C\C(=O)c2[nH]cnc2N1. The van der Waals surface area contributed by atoms with Gasteiger partial charge in [0.15, 0.2) is 5.82 Å². The van der Waals surface area contributed by atoms with Crippen molar-refractivity contribution in [3.8, 4) is 0 Å². The molecular formula is C6H5N5O2. The predicted molar refractivity (Wildman–Crippen MR) is 43.6 cm³/mol. The van der Waals surface area contributed by atoms with E-state index in [0.29, 0.717) is 0 Å². The van der Waals surface area contributed by atoms with E-state index in [0.717, 1.165) is 6.21 Å². The number of H-pyrrole nitrogens is 1. The number of hydrazone groups is 1. The molecule has 66 valence electrons. The van der Waals surface area contributed by atoms with E-state index < -0.39 is 6.03 Å². The molecule has 0 bridgehead atoms. The largest absolute Gasteiger partial charge is 0.340 e. The second-order valence-corrected chi connectivity index (χ2v) is 2.31. The summed E-state index contributed by atoms with van der Waals surface area (Å²) >= 11 is 0. The van der Waals surface area contributed by atoms with Gasteiger partial charge in [-0.3, -0.25) is 10.1 Å². The number of carbonyl (C=O) groups excluding carboxylic acids is 2. The average Bonchev–Trinajstić information content (AvgIpc) is 2.49. The van der Waals surface area contributed by atoms with Crippen LogP contribution in [0, 0.1) is 0 Å². The van der Waals surface area contributed by atoms with Crippen LogP contribution in [0.5, 0.6) is 0 Å². The number of hydrogen-bond acceptors (Lipinski definition) is 4. The van der Waals surface area contributed by atoms with Crippen molar-refractivity contribution in [1.82, 2.24) is 15.4 Å². The smallest absolute Gasteiger partial charge is 0.340 e. The molecule has 2 rings (SSSR count). The van der Waals surface area contributed by atoms with Gasteiger partial charge < -0.3 is 4.98 Å². The van der Waals surface area contributed by atoms with Crippen molar-refractivity contribution in [3.63, 3.8) is 0 Å². The van der Waals surface area contributed by atoms with Gasteiger partial charge in [0.1, 0.15) is 5.69 Å². The summed E-state index contributed by atoms with van der Waals surface area (Å²) in [7, 11) is 0. The lowest BCUT2D eigenvalue weighted by Gasteiger charge is -2.04. The van der Waals surface area contributed by atoms with Crippen LogP contribution in [-0.2, 0) is 0 Å². The monoisotopic (exact) mass is 179 g/mol. The van der Waals surface area contributed by atoms with Gasteiger partial charge in [0.25, 0.3) is 0 Å². The number of hydrogen-bond donors (Lipinski definition) is 3. The van der Waals surface area contributed by atoms with Crippen LogP contribution >= 0.6 is 0 Å². The van der Waals surface area contributed by atoms with Crippen molar-refractivity contribution >= 4 is 23.8 Å². The predicted octanol–water partition coefficient (Wildman–Crippen LogP) is -0.287. The zero-order chi connectivity index (χ0) is 9.26. The van der Waals surface area contributed by atoms with Gasteiger partial charge in [0.2, 0.25) is 5.78 Å². The molecule has 7 nitrogen and oxygen atoms in total. The van der Waals surface area contributed by atoms with Crippen molar-refractivity contribution in [3.05, 3.63) is 12.0 Å². The zero-order valence-corrected chi connectivity index (χ0v) is 6.37. The minimum absolute atomic E-state index is 0.202. The van der Waals surface area contributed by atoms with Crippen molar-refractivity contribution in [2.45, 2.75) is 0 Å². The quantitative estimate of drug-likeness (QED) is 0.510. The number of nitrogens with zero attached hydrogens (tertiary/aromatic N) is 2. The Morgan fingerprint density at radius 1 is 1.31 bits per heavy atom. The molecule has 0 atom stereocenters. The summed E-state index contributed by atoms with van der Waals surface area (Å²) in [6, 6.07) is -0.530. The number of ketones is 1. The summed E-state index contributed by atoms with van der Waals surface area (Å²) in [6.07, 6.45) is 2.33. The molecule has 1 aromatic heterocycles. The summed E-state index contributed by atoms with van der Waals surface area (Å²) in [5.74, 6) is -0.145. The van der Waals surface area contributed by atoms with Gasteiger partial charge in [-0.1, -0.05) is 0 Å². The topological polar surface area (TPSA) is 99.2 Å². The summed E-state index contributed by atoms with van der Waals surface area (Å²) in [5.41, 5.74) is 2.31. The molecule has 0 aliphatic carbocycles. The molecule has 0 fully saturated rings. The summed E-state index contributed by atoms with van der Waals surface area (Å²) in [6.45, 7) is 0. The third-order valence-electron chi connectivity index (χ3n) is 1.47. The number of Topliss-reactive ketones (excluding diaryl/α,β-unsaturated/α-hetero) is 1. The summed E-state index contributed by atoms with van der Waals surface area (Å²) in [4.78, 5) is 28.5.